The van der Waals surface area contributed by atoms with E-state index in [1.54, 1.807) is 64.1 Å². The normalized spacial score (nSPS) is 29.0. The van der Waals surface area contributed by atoms with Crippen molar-refractivity contribution in [2.75, 3.05) is 18.8 Å². The van der Waals surface area contributed by atoms with Crippen molar-refractivity contribution in [3.8, 4) is 5.75 Å². The van der Waals surface area contributed by atoms with Crippen molar-refractivity contribution in [2.24, 2.45) is 17.8 Å². The molecule has 1 aromatic rings. The number of Topliss-reactive ketones (excluding diaryl/α,β-unsaturated/α-hetero) is 1. The van der Waals surface area contributed by atoms with Gasteiger partial charge in [-0.05, 0) is 62.3 Å². The molecule has 0 aliphatic carbocycles. The van der Waals surface area contributed by atoms with Crippen LogP contribution in [0.3, 0.4) is 0 Å². The number of phenols is 1. The molecule has 1 aromatic carbocycles. The van der Waals surface area contributed by atoms with Gasteiger partial charge < -0.3 is 35.5 Å². The number of fused-ring (bicyclic) bond motifs is 2. The third-order valence-electron chi connectivity index (χ3n) is 10.9. The van der Waals surface area contributed by atoms with Crippen molar-refractivity contribution < 1.29 is 53.6 Å². The van der Waals surface area contributed by atoms with Gasteiger partial charge in [0.1, 0.15) is 35.8 Å². The smallest absolute Gasteiger partial charge is 0.325 e. The zero-order valence-electron chi connectivity index (χ0n) is 35.3. The molecule has 3 aliphatic rings. The summed E-state index contributed by atoms with van der Waals surface area (Å²) in [7, 11) is 0. The lowest BCUT2D eigenvalue weighted by Gasteiger charge is -2.36. The highest BCUT2D eigenvalue weighted by molar-refractivity contribution is 8.13. The number of imide groups is 1. The van der Waals surface area contributed by atoms with Gasteiger partial charge in [0.25, 0.3) is 17.1 Å². The first-order valence-corrected chi connectivity index (χ1v) is 21.6. The second-order valence-corrected chi connectivity index (χ2v) is 17.1. The SMILES string of the molecule is CC(=O)CC[C@H]1C(=O)N[C@@H](C(C)C)C(=O)N[C@@H](Cc2cccc(O)c2)C(=O)N2CCCC(N2)C(=O)O[C@H](/C(C)=C/C=C/C(=O)N2CCSC2=O)C/C=C/C=C/[C@H](O)[C@H](C)[C@H]1O. The quantitative estimate of drug-likeness (QED) is 0.119. The average molecular weight is 866 g/mol. The van der Waals surface area contributed by atoms with Crippen LogP contribution in [-0.4, -0.2) is 121 Å². The molecule has 2 saturated heterocycles. The van der Waals surface area contributed by atoms with Gasteiger partial charge in [0.15, 0.2) is 0 Å². The Balaban J connectivity index is 1.71. The molecule has 0 radical (unpaired) electrons. The molecule has 4 rings (SSSR count). The Kier molecular flexibility index (Phi) is 18.5. The predicted molar refractivity (Wildman–Crippen MR) is 228 cm³/mol. The van der Waals surface area contributed by atoms with E-state index in [1.807, 2.05) is 0 Å². The highest BCUT2D eigenvalue weighted by Crippen LogP contribution is 2.24. The van der Waals surface area contributed by atoms with Crippen LogP contribution in [0.25, 0.3) is 0 Å². The number of phenolic OH excluding ortho intramolecular Hbond substituents is 1. The highest BCUT2D eigenvalue weighted by atomic mass is 32.2. The van der Waals surface area contributed by atoms with E-state index in [2.05, 4.69) is 16.1 Å². The van der Waals surface area contributed by atoms with Crippen molar-refractivity contribution in [3.63, 3.8) is 0 Å². The number of allylic oxidation sites excluding steroid dienone is 4. The van der Waals surface area contributed by atoms with Crippen molar-refractivity contribution in [3.05, 3.63) is 77.9 Å². The van der Waals surface area contributed by atoms with E-state index in [0.29, 0.717) is 36.3 Å². The number of nitrogens with one attached hydrogen (secondary N) is 3. The first kappa shape index (κ1) is 48.6. The van der Waals surface area contributed by atoms with Crippen molar-refractivity contribution in [1.29, 1.82) is 0 Å². The molecule has 2 fully saturated rings. The van der Waals surface area contributed by atoms with E-state index in [1.165, 1.54) is 42.3 Å². The van der Waals surface area contributed by atoms with Crippen molar-refractivity contribution in [1.82, 2.24) is 26.0 Å². The molecule has 16 nitrogen and oxygen atoms in total. The third-order valence-corrected chi connectivity index (χ3v) is 11.7. The summed E-state index contributed by atoms with van der Waals surface area (Å²) in [6.45, 7) is 8.53. The summed E-state index contributed by atoms with van der Waals surface area (Å²) in [6, 6.07) is 2.81. The number of esters is 1. The third kappa shape index (κ3) is 14.2. The maximum atomic E-state index is 14.3. The number of hydrogen-bond donors (Lipinski definition) is 6. The zero-order chi connectivity index (χ0) is 44.8. The Morgan fingerprint density at radius 1 is 1.03 bits per heavy atom. The standard InChI is InChI=1S/C44H59N5O11S/c1-26(2)38-41(56)45-34(25-30-13-10-14-31(51)24-30)42(57)49-21-11-15-33(47-49)43(58)60-36(27(3)12-9-18-37(53)48-22-23-61-44(48)59)17-8-6-7-16-35(52)29(5)39(54)32(40(55)46-38)20-19-28(4)50/h6-10,12-14,16,18,24,26,29,32-36,38-39,47,51-52,54H,11,15,17,19-23,25H2,1-5H3,(H,45,56)(H,46,55)/b8-6+,16-7+,18-9+,27-12+/t29-,32+,33?,34-,35-,36-,38-,39+/m0/s1. The largest absolute Gasteiger partial charge is 0.508 e. The molecular weight excluding hydrogens is 807 g/mol. The van der Waals surface area contributed by atoms with Gasteiger partial charge in [-0.3, -0.25) is 38.7 Å². The number of thioether (sulfide) groups is 1. The maximum Gasteiger partial charge on any atom is 0.325 e. The van der Waals surface area contributed by atoms with Gasteiger partial charge in [-0.2, -0.15) is 0 Å². The van der Waals surface area contributed by atoms with Gasteiger partial charge in [0.05, 0.1) is 18.1 Å². The number of aliphatic hydroxyl groups excluding tert-OH is 2. The molecule has 332 valence electrons. The number of cyclic esters (lactones) is 1. The van der Waals surface area contributed by atoms with Crippen LogP contribution in [0, 0.1) is 17.8 Å². The number of rotatable bonds is 9. The number of amides is 5. The minimum Gasteiger partial charge on any atom is -0.508 e. The number of carbonyl (C=O) groups excluding carboxylic acids is 7. The van der Waals surface area contributed by atoms with E-state index in [9.17, 15) is 48.9 Å². The number of carbonyl (C=O) groups is 7. The van der Waals surface area contributed by atoms with Crippen LogP contribution in [0.2, 0.25) is 0 Å². The molecule has 17 heteroatoms. The second-order valence-electron chi connectivity index (χ2n) is 16.0. The number of aromatic hydroxyl groups is 1. The van der Waals surface area contributed by atoms with E-state index in [0.717, 1.165) is 16.7 Å². The lowest BCUT2D eigenvalue weighted by Crippen LogP contribution is -2.62. The topological polar surface area (TPSA) is 232 Å². The minimum atomic E-state index is -1.44. The van der Waals surface area contributed by atoms with Crippen LogP contribution >= 0.6 is 11.8 Å². The van der Waals surface area contributed by atoms with Gasteiger partial charge in [-0.15, -0.1) is 0 Å². The predicted octanol–water partition coefficient (Wildman–Crippen LogP) is 3.03. The van der Waals surface area contributed by atoms with Gasteiger partial charge >= 0.3 is 5.97 Å². The van der Waals surface area contributed by atoms with Gasteiger partial charge in [0, 0.05) is 50.1 Å². The first-order valence-electron chi connectivity index (χ1n) is 20.7. The molecule has 8 atom stereocenters. The Bertz CT molecular complexity index is 1900. The molecule has 0 saturated carbocycles. The zero-order valence-corrected chi connectivity index (χ0v) is 36.1. The van der Waals surface area contributed by atoms with E-state index in [4.69, 9.17) is 4.74 Å². The molecule has 6 N–H and O–H groups in total. The van der Waals surface area contributed by atoms with Crippen LogP contribution in [0.5, 0.6) is 5.75 Å². The minimum absolute atomic E-state index is 0.0393. The van der Waals surface area contributed by atoms with Crippen LogP contribution in [-0.2, 0) is 39.9 Å². The summed E-state index contributed by atoms with van der Waals surface area (Å²) in [5, 5.41) is 39.2. The van der Waals surface area contributed by atoms with Crippen LogP contribution < -0.4 is 16.1 Å². The molecular formula is C44H59N5O11S. The van der Waals surface area contributed by atoms with Crippen LogP contribution in [0.15, 0.2) is 72.4 Å². The maximum absolute atomic E-state index is 14.3. The number of hydrogen-bond acceptors (Lipinski definition) is 13. The Labute approximate surface area is 360 Å². The summed E-state index contributed by atoms with van der Waals surface area (Å²) < 4.78 is 6.01. The number of ether oxygens (including phenoxy) is 1. The molecule has 1 unspecified atom stereocenters. The monoisotopic (exact) mass is 865 g/mol. The summed E-state index contributed by atoms with van der Waals surface area (Å²) in [6.07, 6.45) is 7.86. The fourth-order valence-corrected chi connectivity index (χ4v) is 7.91. The molecule has 0 aromatic heterocycles. The molecule has 61 heavy (non-hydrogen) atoms. The van der Waals surface area contributed by atoms with E-state index < -0.39 is 83.8 Å². The summed E-state index contributed by atoms with van der Waals surface area (Å²) in [5.41, 5.74) is 4.06. The van der Waals surface area contributed by atoms with Crippen LogP contribution in [0.4, 0.5) is 4.79 Å². The summed E-state index contributed by atoms with van der Waals surface area (Å²) in [5.74, 6) is -5.47. The fraction of sp³-hybridized carbons (Fsp3) is 0.523. The van der Waals surface area contributed by atoms with Crippen LogP contribution in [0.1, 0.15) is 72.3 Å². The Morgan fingerprint density at radius 2 is 1.79 bits per heavy atom. The number of hydrazine groups is 1. The molecule has 0 spiro atoms. The van der Waals surface area contributed by atoms with Crippen molar-refractivity contribution >= 4 is 52.4 Å². The van der Waals surface area contributed by atoms with Crippen molar-refractivity contribution in [2.45, 2.75) is 110 Å². The number of ketones is 1. The Hall–Kier alpha value is -5.10. The lowest BCUT2D eigenvalue weighted by atomic mass is 9.84. The molecule has 3 heterocycles. The fourth-order valence-electron chi connectivity index (χ4n) is 7.12. The first-order chi connectivity index (χ1) is 29.0. The van der Waals surface area contributed by atoms with E-state index in [-0.39, 0.29) is 49.0 Å². The van der Waals surface area contributed by atoms with Gasteiger partial charge in [-0.1, -0.05) is 81.1 Å². The summed E-state index contributed by atoms with van der Waals surface area (Å²) >= 11 is 1.06. The van der Waals surface area contributed by atoms with Gasteiger partial charge in [0.2, 0.25) is 11.8 Å². The van der Waals surface area contributed by atoms with E-state index >= 15 is 0 Å². The lowest BCUT2D eigenvalue weighted by molar-refractivity contribution is -0.156. The molecule has 5 amide bonds. The van der Waals surface area contributed by atoms with Gasteiger partial charge in [-0.25, -0.2) is 5.43 Å². The highest BCUT2D eigenvalue weighted by Gasteiger charge is 2.39. The number of aliphatic hydroxyl groups is 2. The number of nitrogens with zero attached hydrogens (tertiary/aromatic N) is 2. The molecule has 2 bridgehead atoms. The molecule has 3 aliphatic heterocycles. The second kappa shape index (κ2) is 23.2. The average Bonchev–Trinajstić information content (AvgIpc) is 3.66. The number of benzene rings is 1. The Morgan fingerprint density at radius 3 is 2.46 bits per heavy atom. The summed E-state index contributed by atoms with van der Waals surface area (Å²) in [4.78, 5) is 93.9.